The molecular weight excluding hydrogens is 354 g/mol. The smallest absolute Gasteiger partial charge is 0.137 e. The Kier molecular flexibility index (Phi) is 4.74. The van der Waals surface area contributed by atoms with Crippen LogP contribution in [0.3, 0.4) is 0 Å². The first-order valence-electron chi connectivity index (χ1n) is 6.45. The van der Waals surface area contributed by atoms with E-state index in [0.717, 1.165) is 15.9 Å². The molecule has 0 spiro atoms. The monoisotopic (exact) mass is 369 g/mol. The Balaban J connectivity index is 2.38. The molecule has 0 bridgehead atoms. The van der Waals surface area contributed by atoms with Gasteiger partial charge in [-0.25, -0.2) is 9.97 Å². The molecule has 4 nitrogen and oxygen atoms in total. The Labute approximate surface area is 138 Å². The summed E-state index contributed by atoms with van der Waals surface area (Å²) in [6.45, 7) is 6.14. The summed E-state index contributed by atoms with van der Waals surface area (Å²) in [6.07, 6.45) is 0. The summed E-state index contributed by atoms with van der Waals surface area (Å²) in [5.74, 6) is 2.10. The maximum absolute atomic E-state index is 6.09. The molecule has 0 saturated carbocycles. The zero-order valence-corrected chi connectivity index (χ0v) is 14.7. The molecular formula is C15H17BrClN3O. The topological polar surface area (TPSA) is 47.0 Å². The van der Waals surface area contributed by atoms with Crippen molar-refractivity contribution in [3.8, 4) is 5.75 Å². The van der Waals surface area contributed by atoms with Crippen LogP contribution in [0.2, 0.25) is 5.15 Å². The first kappa shape index (κ1) is 16.0. The van der Waals surface area contributed by atoms with Crippen LogP contribution in [0.4, 0.5) is 11.5 Å². The standard InChI is InChI=1S/C15H17BrClN3O/c1-15(2,3)14-19-12(17)8-13(20-14)18-11-7-9(21-4)5-6-10(11)16/h5-8H,1-4H3,(H,18,19,20). The molecule has 0 atom stereocenters. The van der Waals surface area contributed by atoms with E-state index in [9.17, 15) is 0 Å². The van der Waals surface area contributed by atoms with Crippen molar-refractivity contribution in [3.63, 3.8) is 0 Å². The molecule has 0 fully saturated rings. The molecule has 0 unspecified atom stereocenters. The molecule has 1 N–H and O–H groups in total. The second-order valence-corrected chi connectivity index (χ2v) is 6.86. The normalized spacial score (nSPS) is 11.3. The van der Waals surface area contributed by atoms with Crippen LogP contribution in [0.15, 0.2) is 28.7 Å². The lowest BCUT2D eigenvalue weighted by atomic mass is 9.96. The van der Waals surface area contributed by atoms with E-state index in [-0.39, 0.29) is 5.41 Å². The number of hydrogen-bond donors (Lipinski definition) is 1. The van der Waals surface area contributed by atoms with Crippen LogP contribution in [0.25, 0.3) is 0 Å². The number of hydrogen-bond acceptors (Lipinski definition) is 4. The van der Waals surface area contributed by atoms with Gasteiger partial charge in [-0.1, -0.05) is 32.4 Å². The van der Waals surface area contributed by atoms with Gasteiger partial charge < -0.3 is 10.1 Å². The highest BCUT2D eigenvalue weighted by Gasteiger charge is 2.19. The van der Waals surface area contributed by atoms with Crippen molar-refractivity contribution in [3.05, 3.63) is 39.7 Å². The van der Waals surface area contributed by atoms with Gasteiger partial charge in [0.1, 0.15) is 22.5 Å². The predicted molar refractivity (Wildman–Crippen MR) is 89.7 cm³/mol. The number of ether oxygens (including phenoxy) is 1. The van der Waals surface area contributed by atoms with E-state index in [0.29, 0.717) is 16.8 Å². The maximum Gasteiger partial charge on any atom is 0.137 e. The average Bonchev–Trinajstić information content (AvgIpc) is 2.39. The van der Waals surface area contributed by atoms with Gasteiger partial charge in [0.25, 0.3) is 0 Å². The Bertz CT molecular complexity index is 656. The summed E-state index contributed by atoms with van der Waals surface area (Å²) in [4.78, 5) is 8.81. The summed E-state index contributed by atoms with van der Waals surface area (Å²) in [7, 11) is 1.63. The van der Waals surface area contributed by atoms with Gasteiger partial charge in [0.15, 0.2) is 0 Å². The zero-order valence-electron chi connectivity index (χ0n) is 12.4. The van der Waals surface area contributed by atoms with E-state index in [4.69, 9.17) is 16.3 Å². The number of nitrogens with one attached hydrogen (secondary N) is 1. The number of anilines is 2. The van der Waals surface area contributed by atoms with Crippen molar-refractivity contribution in [1.29, 1.82) is 0 Å². The molecule has 1 aromatic heterocycles. The van der Waals surface area contributed by atoms with E-state index < -0.39 is 0 Å². The Morgan fingerprint density at radius 3 is 2.52 bits per heavy atom. The van der Waals surface area contributed by atoms with E-state index >= 15 is 0 Å². The maximum atomic E-state index is 6.09. The molecule has 112 valence electrons. The van der Waals surface area contributed by atoms with Crippen LogP contribution in [-0.2, 0) is 5.41 Å². The molecule has 0 aliphatic heterocycles. The van der Waals surface area contributed by atoms with Crippen molar-refractivity contribution in [1.82, 2.24) is 9.97 Å². The number of methoxy groups -OCH3 is 1. The van der Waals surface area contributed by atoms with E-state index in [1.165, 1.54) is 0 Å². The minimum atomic E-state index is -0.174. The summed E-state index contributed by atoms with van der Waals surface area (Å²) in [6, 6.07) is 7.37. The minimum absolute atomic E-state index is 0.174. The van der Waals surface area contributed by atoms with Crippen molar-refractivity contribution in [2.24, 2.45) is 0 Å². The zero-order chi connectivity index (χ0) is 15.6. The highest BCUT2D eigenvalue weighted by atomic mass is 79.9. The number of halogens is 2. The molecule has 6 heteroatoms. The largest absolute Gasteiger partial charge is 0.497 e. The lowest BCUT2D eigenvalue weighted by Gasteiger charge is -2.18. The number of benzene rings is 1. The van der Waals surface area contributed by atoms with E-state index in [2.05, 4.69) is 31.2 Å². The molecule has 0 aliphatic carbocycles. The fourth-order valence-corrected chi connectivity index (χ4v) is 2.21. The summed E-state index contributed by atoms with van der Waals surface area (Å²) in [5.41, 5.74) is 0.677. The molecule has 21 heavy (non-hydrogen) atoms. The van der Waals surface area contributed by atoms with Crippen LogP contribution in [0.5, 0.6) is 5.75 Å². The second kappa shape index (κ2) is 6.20. The van der Waals surface area contributed by atoms with E-state index in [1.807, 2.05) is 39.0 Å². The average molecular weight is 371 g/mol. The molecule has 2 rings (SSSR count). The molecule has 0 radical (unpaired) electrons. The fraction of sp³-hybridized carbons (Fsp3) is 0.333. The number of nitrogens with zero attached hydrogens (tertiary/aromatic N) is 2. The van der Waals surface area contributed by atoms with Crippen LogP contribution in [0, 0.1) is 0 Å². The number of rotatable bonds is 3. The van der Waals surface area contributed by atoms with Gasteiger partial charge in [-0.15, -0.1) is 0 Å². The lowest BCUT2D eigenvalue weighted by Crippen LogP contribution is -2.16. The molecule has 0 aliphatic rings. The third-order valence-electron chi connectivity index (χ3n) is 2.80. The van der Waals surface area contributed by atoms with Crippen molar-refractivity contribution in [2.75, 3.05) is 12.4 Å². The highest BCUT2D eigenvalue weighted by molar-refractivity contribution is 9.10. The third-order valence-corrected chi connectivity index (χ3v) is 3.69. The molecule has 1 heterocycles. The number of aromatic nitrogens is 2. The summed E-state index contributed by atoms with van der Waals surface area (Å²) >= 11 is 9.59. The Morgan fingerprint density at radius 1 is 1.19 bits per heavy atom. The van der Waals surface area contributed by atoms with Crippen molar-refractivity contribution < 1.29 is 4.74 Å². The van der Waals surface area contributed by atoms with Crippen LogP contribution in [-0.4, -0.2) is 17.1 Å². The van der Waals surface area contributed by atoms with Crippen molar-refractivity contribution in [2.45, 2.75) is 26.2 Å². The lowest BCUT2D eigenvalue weighted by molar-refractivity contribution is 0.415. The first-order chi connectivity index (χ1) is 9.79. The molecule has 0 saturated heterocycles. The van der Waals surface area contributed by atoms with Crippen LogP contribution in [0.1, 0.15) is 26.6 Å². The van der Waals surface area contributed by atoms with Crippen molar-refractivity contribution >= 4 is 39.0 Å². The Morgan fingerprint density at radius 2 is 1.90 bits per heavy atom. The second-order valence-electron chi connectivity index (χ2n) is 5.62. The molecule has 1 aromatic carbocycles. The third kappa shape index (κ3) is 4.08. The van der Waals surface area contributed by atoms with Gasteiger partial charge in [0, 0.05) is 22.0 Å². The molecule has 2 aromatic rings. The first-order valence-corrected chi connectivity index (χ1v) is 7.62. The van der Waals surface area contributed by atoms with Gasteiger partial charge in [-0.2, -0.15) is 0 Å². The summed E-state index contributed by atoms with van der Waals surface area (Å²) in [5, 5.41) is 3.65. The Hall–Kier alpha value is -1.33. The van der Waals surface area contributed by atoms with Crippen LogP contribution < -0.4 is 10.1 Å². The van der Waals surface area contributed by atoms with Crippen LogP contribution >= 0.6 is 27.5 Å². The van der Waals surface area contributed by atoms with Gasteiger partial charge in [-0.3, -0.25) is 0 Å². The predicted octanol–water partition coefficient (Wildman–Crippen LogP) is 4.94. The van der Waals surface area contributed by atoms with Gasteiger partial charge >= 0.3 is 0 Å². The van der Waals surface area contributed by atoms with E-state index in [1.54, 1.807) is 13.2 Å². The van der Waals surface area contributed by atoms with Gasteiger partial charge in [0.05, 0.1) is 12.8 Å². The minimum Gasteiger partial charge on any atom is -0.497 e. The molecule has 0 amide bonds. The van der Waals surface area contributed by atoms with Gasteiger partial charge in [-0.05, 0) is 28.1 Å². The van der Waals surface area contributed by atoms with Gasteiger partial charge in [0.2, 0.25) is 0 Å². The SMILES string of the molecule is COc1ccc(Br)c(Nc2cc(Cl)nc(C(C)(C)C)n2)c1. The highest BCUT2D eigenvalue weighted by Crippen LogP contribution is 2.30. The fourth-order valence-electron chi connectivity index (χ4n) is 1.68. The summed E-state index contributed by atoms with van der Waals surface area (Å²) < 4.78 is 6.14. The quantitative estimate of drug-likeness (QED) is 0.777.